The number of hydrogen-bond acceptors (Lipinski definition) is 4. The van der Waals surface area contributed by atoms with Crippen LogP contribution in [0.4, 0.5) is 68.2 Å². The molecule has 0 aliphatic heterocycles. The topological polar surface area (TPSA) is 13.0 Å². The van der Waals surface area contributed by atoms with Gasteiger partial charge in [0, 0.05) is 68.2 Å². The Labute approximate surface area is 540 Å². The van der Waals surface area contributed by atoms with Gasteiger partial charge in [-0.1, -0.05) is 243 Å². The van der Waals surface area contributed by atoms with Gasteiger partial charge in [-0.15, -0.1) is 0 Å². The van der Waals surface area contributed by atoms with E-state index in [4.69, 9.17) is 0 Å². The monoisotopic (exact) mass is 1180 g/mol. The SMILES string of the molecule is CCC(C)=C(c1ccc(N(c2ccccc2)c2ccccc2)cc1)c1ccc(N(c2ccccc2)c2ccccc2)cc1.CCc1ccc(C)cc1.c1ccc(N(c2ccccc2)c2ccc(Cc3ccc(N(c4ccccc4)c4ccccc4)cc3)cc2)cc1. The van der Waals surface area contributed by atoms with E-state index < -0.39 is 0 Å². The third-order valence-electron chi connectivity index (χ3n) is 16.2. The Morgan fingerprint density at radius 1 is 0.231 bits per heavy atom. The number of rotatable bonds is 18. The van der Waals surface area contributed by atoms with Gasteiger partial charge in [0.25, 0.3) is 0 Å². The molecule has 0 atom stereocenters. The minimum Gasteiger partial charge on any atom is -0.311 e. The Morgan fingerprint density at radius 2 is 0.429 bits per heavy atom. The Morgan fingerprint density at radius 3 is 0.637 bits per heavy atom. The van der Waals surface area contributed by atoms with Crippen LogP contribution >= 0.6 is 0 Å². The first kappa shape index (κ1) is 61.4. The van der Waals surface area contributed by atoms with Crippen molar-refractivity contribution in [3.8, 4) is 0 Å². The maximum absolute atomic E-state index is 2.30. The molecule has 446 valence electrons. The van der Waals surface area contributed by atoms with Crippen molar-refractivity contribution in [3.63, 3.8) is 0 Å². The van der Waals surface area contributed by atoms with Crippen LogP contribution in [0.2, 0.25) is 0 Å². The van der Waals surface area contributed by atoms with Crippen molar-refractivity contribution < 1.29 is 0 Å². The molecule has 0 unspecified atom stereocenters. The molecule has 0 aliphatic rings. The third-order valence-corrected chi connectivity index (χ3v) is 16.2. The lowest BCUT2D eigenvalue weighted by Gasteiger charge is -2.26. The zero-order valence-corrected chi connectivity index (χ0v) is 52.6. The van der Waals surface area contributed by atoms with E-state index in [9.17, 15) is 0 Å². The van der Waals surface area contributed by atoms with Crippen LogP contribution in [0.5, 0.6) is 0 Å². The fraction of sp³-hybridized carbons (Fsp3) is 0.0805. The number of anilines is 12. The highest BCUT2D eigenvalue weighted by molar-refractivity contribution is 5.86. The molecule has 0 radical (unpaired) electrons. The second-order valence-corrected chi connectivity index (χ2v) is 22.5. The molecule has 0 aromatic heterocycles. The van der Waals surface area contributed by atoms with Crippen LogP contribution in [0.1, 0.15) is 60.6 Å². The van der Waals surface area contributed by atoms with Crippen molar-refractivity contribution in [2.75, 3.05) is 19.6 Å². The summed E-state index contributed by atoms with van der Waals surface area (Å²) in [4.78, 5) is 9.19. The van der Waals surface area contributed by atoms with Crippen molar-refractivity contribution in [1.82, 2.24) is 0 Å². The second-order valence-electron chi connectivity index (χ2n) is 22.5. The number of para-hydroxylation sites is 8. The summed E-state index contributed by atoms with van der Waals surface area (Å²) < 4.78 is 0. The molecule has 4 nitrogen and oxygen atoms in total. The van der Waals surface area contributed by atoms with Crippen LogP contribution in [0.25, 0.3) is 5.57 Å². The van der Waals surface area contributed by atoms with E-state index in [-0.39, 0.29) is 0 Å². The normalized spacial score (nSPS) is 10.5. The van der Waals surface area contributed by atoms with Crippen LogP contribution in [-0.2, 0) is 12.8 Å². The standard InChI is InChI=1S/C41H36N2.C37H30N2.C9H12/c1-3-32(2)41(33-24-28-39(29-25-33)42(35-16-8-4-9-17-35)36-18-10-5-11-19-36)34-26-30-40(31-27-34)43(37-20-12-6-13-21-37)38-22-14-7-15-23-38;1-5-13-32(14-6-1)38(33-15-7-2-8-16-33)36-25-21-30(22-26-36)29-31-23-27-37(28-24-31)39(34-17-9-3-10-18-34)35-19-11-4-12-20-35;1-3-9-6-4-8(2)5-7-9/h4-31H,3H2,1-2H3;1-28H,29H2;4-7H,3H2,1-2H3. The number of hydrogen-bond donors (Lipinski definition) is 0. The van der Waals surface area contributed by atoms with Gasteiger partial charge in [0.15, 0.2) is 0 Å². The maximum atomic E-state index is 2.30. The summed E-state index contributed by atoms with van der Waals surface area (Å²) >= 11 is 0. The Kier molecular flexibility index (Phi) is 21.0. The van der Waals surface area contributed by atoms with Gasteiger partial charge in [-0.05, 0) is 212 Å². The molecule has 0 spiro atoms. The zero-order valence-electron chi connectivity index (χ0n) is 52.6. The second kappa shape index (κ2) is 31.1. The fourth-order valence-electron chi connectivity index (χ4n) is 11.4. The number of allylic oxidation sites excluding steroid dienone is 1. The molecule has 13 aromatic rings. The predicted molar refractivity (Wildman–Crippen MR) is 390 cm³/mol. The Hall–Kier alpha value is -11.2. The van der Waals surface area contributed by atoms with Crippen LogP contribution in [-0.4, -0.2) is 0 Å². The Balaban J connectivity index is 0.000000165. The molecule has 91 heavy (non-hydrogen) atoms. The molecule has 0 saturated carbocycles. The van der Waals surface area contributed by atoms with Gasteiger partial charge in [0.1, 0.15) is 0 Å². The van der Waals surface area contributed by atoms with Crippen LogP contribution in [0, 0.1) is 6.92 Å². The zero-order chi connectivity index (χ0) is 62.4. The summed E-state index contributed by atoms with van der Waals surface area (Å²) in [5, 5.41) is 0. The summed E-state index contributed by atoms with van der Waals surface area (Å²) in [6.45, 7) is 8.76. The lowest BCUT2D eigenvalue weighted by atomic mass is 9.92. The third kappa shape index (κ3) is 15.9. The summed E-state index contributed by atoms with van der Waals surface area (Å²) in [7, 11) is 0. The first-order valence-electron chi connectivity index (χ1n) is 31.7. The van der Waals surface area contributed by atoms with Crippen LogP contribution in [0.3, 0.4) is 0 Å². The molecule has 0 saturated heterocycles. The lowest BCUT2D eigenvalue weighted by molar-refractivity contribution is 1.10. The number of benzene rings is 13. The minimum absolute atomic E-state index is 0.883. The van der Waals surface area contributed by atoms with E-state index in [1.54, 1.807) is 0 Å². The number of aryl methyl sites for hydroxylation is 2. The van der Waals surface area contributed by atoms with Crippen LogP contribution in [0.15, 0.2) is 370 Å². The highest BCUT2D eigenvalue weighted by Crippen LogP contribution is 2.40. The lowest BCUT2D eigenvalue weighted by Crippen LogP contribution is -2.10. The molecule has 13 aromatic carbocycles. The van der Waals surface area contributed by atoms with Gasteiger partial charge in [0.2, 0.25) is 0 Å². The molecule has 0 heterocycles. The van der Waals surface area contributed by atoms with E-state index in [1.165, 1.54) is 44.5 Å². The largest absolute Gasteiger partial charge is 0.311 e. The quantitative estimate of drug-likeness (QED) is 0.0849. The highest BCUT2D eigenvalue weighted by atomic mass is 15.2. The smallest absolute Gasteiger partial charge is 0.0462 e. The van der Waals surface area contributed by atoms with E-state index in [1.807, 2.05) is 0 Å². The van der Waals surface area contributed by atoms with E-state index in [0.717, 1.165) is 87.5 Å². The summed E-state index contributed by atoms with van der Waals surface area (Å²) in [6, 6.07) is 129. The molecule has 0 fully saturated rings. The predicted octanol–water partition coefficient (Wildman–Crippen LogP) is 24.6. The van der Waals surface area contributed by atoms with Crippen molar-refractivity contribution in [2.24, 2.45) is 0 Å². The molecule has 0 bridgehead atoms. The molecular weight excluding hydrogens is 1100 g/mol. The van der Waals surface area contributed by atoms with Crippen LogP contribution < -0.4 is 19.6 Å². The molecule has 0 amide bonds. The van der Waals surface area contributed by atoms with E-state index in [0.29, 0.717) is 0 Å². The highest BCUT2D eigenvalue weighted by Gasteiger charge is 2.18. The van der Waals surface area contributed by atoms with Crippen molar-refractivity contribution >= 4 is 73.8 Å². The summed E-state index contributed by atoms with van der Waals surface area (Å²) in [5.74, 6) is 0. The first-order chi connectivity index (χ1) is 44.9. The van der Waals surface area contributed by atoms with Gasteiger partial charge < -0.3 is 19.6 Å². The molecule has 13 rings (SSSR count). The molecule has 0 aliphatic carbocycles. The van der Waals surface area contributed by atoms with Crippen molar-refractivity contribution in [1.29, 1.82) is 0 Å². The summed E-state index contributed by atoms with van der Waals surface area (Å²) in [5.41, 5.74) is 24.1. The Bertz CT molecular complexity index is 3850. The maximum Gasteiger partial charge on any atom is 0.0462 e. The van der Waals surface area contributed by atoms with Gasteiger partial charge in [-0.25, -0.2) is 0 Å². The minimum atomic E-state index is 0.883. The molecule has 4 heteroatoms. The molecule has 0 N–H and O–H groups in total. The van der Waals surface area contributed by atoms with Crippen molar-refractivity contribution in [2.45, 2.75) is 47.0 Å². The average molecular weight is 1180 g/mol. The first-order valence-corrected chi connectivity index (χ1v) is 31.7. The fourth-order valence-corrected chi connectivity index (χ4v) is 11.4. The van der Waals surface area contributed by atoms with E-state index in [2.05, 4.69) is 411 Å². The number of nitrogens with zero attached hydrogens (tertiary/aromatic N) is 4. The van der Waals surface area contributed by atoms with E-state index >= 15 is 0 Å². The summed E-state index contributed by atoms with van der Waals surface area (Å²) in [6.07, 6.45) is 3.01. The van der Waals surface area contributed by atoms with Gasteiger partial charge in [0.05, 0.1) is 0 Å². The average Bonchev–Trinajstić information content (AvgIpc) is 3.81. The molecular formula is C87H78N4. The van der Waals surface area contributed by atoms with Gasteiger partial charge in [-0.2, -0.15) is 0 Å². The van der Waals surface area contributed by atoms with Gasteiger partial charge in [-0.3, -0.25) is 0 Å². The van der Waals surface area contributed by atoms with Gasteiger partial charge >= 0.3 is 0 Å². The van der Waals surface area contributed by atoms with Crippen molar-refractivity contribution in [3.05, 3.63) is 403 Å².